The van der Waals surface area contributed by atoms with Gasteiger partial charge in [-0.05, 0) is 107 Å². The highest BCUT2D eigenvalue weighted by Gasteiger charge is 2.62. The van der Waals surface area contributed by atoms with Crippen molar-refractivity contribution in [3.05, 3.63) is 72.3 Å². The monoisotopic (exact) mass is 614 g/mol. The lowest BCUT2D eigenvalue weighted by Gasteiger charge is -2.67. The van der Waals surface area contributed by atoms with Crippen LogP contribution in [0, 0.1) is 39.9 Å². The predicted octanol–water partition coefficient (Wildman–Crippen LogP) is 9.56. The summed E-state index contributed by atoms with van der Waals surface area (Å²) in [7, 11) is -2.54. The van der Waals surface area contributed by atoms with Crippen LogP contribution in [0.5, 0.6) is 0 Å². The molecular formula is C41H62O2Si. The number of benzene rings is 2. The molecule has 3 fully saturated rings. The molecular weight excluding hydrogens is 553 g/mol. The molecule has 242 valence electrons. The third-order valence-corrected chi connectivity index (χ3v) is 18.4. The molecule has 0 amide bonds. The molecule has 3 aliphatic rings. The van der Waals surface area contributed by atoms with Crippen LogP contribution in [-0.4, -0.2) is 26.1 Å². The normalized spacial score (nSPS) is 34.2. The van der Waals surface area contributed by atoms with E-state index in [1.54, 1.807) is 0 Å². The average Bonchev–Trinajstić information content (AvgIpc) is 2.96. The number of aliphatic hydroxyl groups is 1. The first-order chi connectivity index (χ1) is 20.7. The summed E-state index contributed by atoms with van der Waals surface area (Å²) in [5, 5.41) is 14.2. The van der Waals surface area contributed by atoms with Crippen molar-refractivity contribution in [3.63, 3.8) is 0 Å². The van der Waals surface area contributed by atoms with Crippen LogP contribution < -0.4 is 10.4 Å². The van der Waals surface area contributed by atoms with E-state index >= 15 is 0 Å². The van der Waals surface area contributed by atoms with Gasteiger partial charge in [0, 0.05) is 0 Å². The Hall–Kier alpha value is -1.68. The molecule has 7 atom stereocenters. The van der Waals surface area contributed by atoms with E-state index in [9.17, 15) is 5.11 Å². The third kappa shape index (κ3) is 5.84. The second-order valence-electron chi connectivity index (χ2n) is 17.3. The first-order valence-electron chi connectivity index (χ1n) is 17.8. The largest absolute Gasteiger partial charge is 0.404 e. The first-order valence-corrected chi connectivity index (χ1v) is 19.7. The predicted molar refractivity (Wildman–Crippen MR) is 190 cm³/mol. The summed E-state index contributed by atoms with van der Waals surface area (Å²) in [6, 6.07) is 21.9. The third-order valence-electron chi connectivity index (χ3n) is 13.4. The minimum absolute atomic E-state index is 0.0165. The van der Waals surface area contributed by atoms with E-state index in [2.05, 4.69) is 129 Å². The summed E-state index contributed by atoms with van der Waals surface area (Å²) < 4.78 is 7.19. The lowest BCUT2D eigenvalue weighted by molar-refractivity contribution is -0.197. The Bertz CT molecular complexity index is 1240. The SMILES string of the molecule is C/C(=C/CO[Si](c1ccccc1)(c1ccccc1)C(C)(C)C)CC[C@H]1C(C)[C@H](O)C[C@H]2[C@]3(C)CCCC(C)(C)[C@H]3CC[C@@]21C. The van der Waals surface area contributed by atoms with Crippen LogP contribution in [0.25, 0.3) is 0 Å². The highest BCUT2D eigenvalue weighted by Crippen LogP contribution is 2.69. The van der Waals surface area contributed by atoms with Crippen molar-refractivity contribution in [2.75, 3.05) is 6.61 Å². The van der Waals surface area contributed by atoms with Gasteiger partial charge in [0.2, 0.25) is 0 Å². The van der Waals surface area contributed by atoms with Crippen molar-refractivity contribution >= 4 is 18.7 Å². The Morgan fingerprint density at radius 2 is 1.48 bits per heavy atom. The van der Waals surface area contributed by atoms with Crippen molar-refractivity contribution in [2.24, 2.45) is 39.9 Å². The Morgan fingerprint density at radius 1 is 0.886 bits per heavy atom. The number of hydrogen-bond donors (Lipinski definition) is 1. The van der Waals surface area contributed by atoms with Gasteiger partial charge in [0.05, 0.1) is 12.7 Å². The van der Waals surface area contributed by atoms with Crippen LogP contribution in [0.2, 0.25) is 5.04 Å². The molecule has 0 heterocycles. The van der Waals surface area contributed by atoms with Gasteiger partial charge in [-0.25, -0.2) is 0 Å². The van der Waals surface area contributed by atoms with Gasteiger partial charge < -0.3 is 9.53 Å². The summed E-state index contributed by atoms with van der Waals surface area (Å²) in [6.45, 7) is 22.6. The molecule has 0 aliphatic heterocycles. The molecule has 3 heteroatoms. The minimum Gasteiger partial charge on any atom is -0.404 e. The summed E-state index contributed by atoms with van der Waals surface area (Å²) >= 11 is 0. The smallest absolute Gasteiger partial charge is 0.261 e. The topological polar surface area (TPSA) is 29.5 Å². The zero-order valence-electron chi connectivity index (χ0n) is 29.5. The maximum absolute atomic E-state index is 11.5. The van der Waals surface area contributed by atoms with Gasteiger partial charge in [0.1, 0.15) is 0 Å². The van der Waals surface area contributed by atoms with Crippen molar-refractivity contribution in [1.82, 2.24) is 0 Å². The van der Waals surface area contributed by atoms with Crippen LogP contribution >= 0.6 is 0 Å². The molecule has 2 aromatic rings. The van der Waals surface area contributed by atoms with Crippen LogP contribution in [0.3, 0.4) is 0 Å². The molecule has 3 saturated carbocycles. The van der Waals surface area contributed by atoms with E-state index in [4.69, 9.17) is 4.43 Å². The molecule has 2 aromatic carbocycles. The molecule has 0 radical (unpaired) electrons. The molecule has 0 saturated heterocycles. The molecule has 3 aliphatic carbocycles. The first kappa shape index (κ1) is 33.7. The number of hydrogen-bond acceptors (Lipinski definition) is 2. The number of allylic oxidation sites excluding steroid dienone is 1. The summed E-state index contributed by atoms with van der Waals surface area (Å²) in [5.74, 6) is 2.31. The fourth-order valence-electron chi connectivity index (χ4n) is 11.1. The summed E-state index contributed by atoms with van der Waals surface area (Å²) in [5.41, 5.74) is 2.50. The maximum atomic E-state index is 11.5. The fourth-order valence-corrected chi connectivity index (χ4v) is 15.6. The van der Waals surface area contributed by atoms with Crippen molar-refractivity contribution in [3.8, 4) is 0 Å². The van der Waals surface area contributed by atoms with Gasteiger partial charge >= 0.3 is 0 Å². The Labute approximate surface area is 271 Å². The van der Waals surface area contributed by atoms with Crippen LogP contribution in [-0.2, 0) is 4.43 Å². The van der Waals surface area contributed by atoms with E-state index in [1.165, 1.54) is 48.1 Å². The minimum atomic E-state index is -2.54. The molecule has 0 bridgehead atoms. The number of rotatable bonds is 8. The van der Waals surface area contributed by atoms with E-state index in [1.807, 2.05) is 0 Å². The Kier molecular flexibility index (Phi) is 9.56. The Morgan fingerprint density at radius 3 is 2.05 bits per heavy atom. The highest BCUT2D eigenvalue weighted by molar-refractivity contribution is 6.99. The number of aliphatic hydroxyl groups excluding tert-OH is 1. The summed E-state index contributed by atoms with van der Waals surface area (Å²) in [6.07, 6.45) is 12.2. The average molecular weight is 615 g/mol. The van der Waals surface area contributed by atoms with E-state index < -0.39 is 8.32 Å². The van der Waals surface area contributed by atoms with E-state index in [0.29, 0.717) is 40.6 Å². The van der Waals surface area contributed by atoms with E-state index in [-0.39, 0.29) is 11.1 Å². The molecule has 0 spiro atoms. The molecule has 0 aromatic heterocycles. The van der Waals surface area contributed by atoms with Crippen molar-refractivity contribution < 1.29 is 9.53 Å². The second kappa shape index (κ2) is 12.5. The molecule has 44 heavy (non-hydrogen) atoms. The quantitative estimate of drug-likeness (QED) is 0.237. The highest BCUT2D eigenvalue weighted by atomic mass is 28.4. The van der Waals surface area contributed by atoms with Crippen LogP contribution in [0.15, 0.2) is 72.3 Å². The zero-order chi connectivity index (χ0) is 32.0. The lowest BCUT2D eigenvalue weighted by atomic mass is 9.38. The fraction of sp³-hybridized carbons (Fsp3) is 0.659. The standard InChI is InChI=1S/C41H62O2Si/c1-30(24-28-43-44(38(3,4)5,32-17-12-10-13-18-32)33-19-14-11-15-20-33)21-22-34-31(2)35(42)29-37-40(34,8)27-23-36-39(6,7)25-16-26-41(36,37)9/h10-15,17-20,24,31,34-37,42H,16,21-23,25-29H2,1-9H3/b30-24-/t31?,34-,35+,36+,37+,40+,41+/m0/s1. The Balaban J connectivity index is 1.35. The molecule has 2 nitrogen and oxygen atoms in total. The molecule has 1 unspecified atom stereocenters. The second-order valence-corrected chi connectivity index (χ2v) is 21.6. The van der Waals surface area contributed by atoms with Gasteiger partial charge in [0.15, 0.2) is 0 Å². The molecule has 1 N–H and O–H groups in total. The summed E-state index contributed by atoms with van der Waals surface area (Å²) in [4.78, 5) is 0. The van der Waals surface area contributed by atoms with Crippen LogP contribution in [0.1, 0.15) is 114 Å². The van der Waals surface area contributed by atoms with Gasteiger partial charge in [-0.1, -0.05) is 134 Å². The van der Waals surface area contributed by atoms with Crippen LogP contribution in [0.4, 0.5) is 0 Å². The maximum Gasteiger partial charge on any atom is 0.261 e. The van der Waals surface area contributed by atoms with Gasteiger partial charge in [-0.3, -0.25) is 0 Å². The van der Waals surface area contributed by atoms with Gasteiger partial charge in [-0.2, -0.15) is 0 Å². The van der Waals surface area contributed by atoms with E-state index in [0.717, 1.165) is 25.2 Å². The lowest BCUT2D eigenvalue weighted by Crippen LogP contribution is -2.66. The van der Waals surface area contributed by atoms with Crippen molar-refractivity contribution in [2.45, 2.75) is 125 Å². The molecule has 5 rings (SSSR count). The van der Waals surface area contributed by atoms with Gasteiger partial charge in [0.25, 0.3) is 8.32 Å². The zero-order valence-corrected chi connectivity index (χ0v) is 30.5. The van der Waals surface area contributed by atoms with Crippen molar-refractivity contribution in [1.29, 1.82) is 0 Å². The van der Waals surface area contributed by atoms with Gasteiger partial charge in [-0.15, -0.1) is 0 Å². The number of fused-ring (bicyclic) bond motifs is 3.